The summed E-state index contributed by atoms with van der Waals surface area (Å²) in [4.78, 5) is 53.6. The van der Waals surface area contributed by atoms with Crippen LogP contribution in [0.5, 0.6) is 46.0 Å². The summed E-state index contributed by atoms with van der Waals surface area (Å²) in [6.45, 7) is -31.9. The van der Waals surface area contributed by atoms with Crippen LogP contribution >= 0.6 is 0 Å². The fourth-order valence-electron chi connectivity index (χ4n) is 9.19. The number of hydrogen-bond acceptors (Lipinski definition) is 16. The summed E-state index contributed by atoms with van der Waals surface area (Å²) in [6.07, 6.45) is -42.3. The van der Waals surface area contributed by atoms with Crippen molar-refractivity contribution in [1.29, 1.82) is 0 Å². The highest BCUT2D eigenvalue weighted by Crippen LogP contribution is 2.48. The standard InChI is InChI=1S/2C20H29NO3.2C19H27NO3/c2*1-5-13(2)8-15-12-21-7-6-14-9-19(23-3)20(24-4)10-16(14)17(21)11-18(15)22;2*1-12(2)7-14-11-20-6-5-13-8-18(22-3)19(23-4)9-15(13)16(20)10-17(14)21/h2*9-10,13,15,17H,5-8,11-12H2,1-4H3;2*8-9,12,14,16H,5-7,10-11H2,1-4H3/i2D3,3D3,4D3,5D2,6D2,7D2,8D2,9D,10D,11D2,12D2,13D,15D,17D;2D3,3D3,4D3,5D2,6D2,7D2,8D2,9D,10D,12D2,13D,17D;3D3,4D3,5D2,6D2,8D,9D,10D2,11D2,14D,16D;3D3,4D3,5D2,6D2,8D,9D,11D2,16D. The fourth-order valence-corrected chi connectivity index (χ4v) is 9.19. The highest BCUT2D eigenvalue weighted by atomic mass is 16.5. The molecule has 0 amide bonds. The molecule has 94 heavy (non-hydrogen) atoms. The summed E-state index contributed by atoms with van der Waals surface area (Å²) in [5.41, 5.74) is -10.6. The number of rotatable bonds is 18. The van der Waals surface area contributed by atoms with Crippen LogP contribution in [0.2, 0.25) is 0 Å². The van der Waals surface area contributed by atoms with Gasteiger partial charge >= 0.3 is 0 Å². The normalized spacial score (nSPS) is 52.3. The summed E-state index contributed by atoms with van der Waals surface area (Å²) < 4.78 is 714. The van der Waals surface area contributed by atoms with Crippen molar-refractivity contribution in [1.82, 2.24) is 19.6 Å². The Bertz CT molecular complexity index is 7070. The van der Waals surface area contributed by atoms with Crippen molar-refractivity contribution in [2.24, 2.45) is 47.2 Å². The Morgan fingerprint density at radius 2 is 0.766 bits per heavy atom. The molecule has 16 heteroatoms. The van der Waals surface area contributed by atoms with E-state index in [2.05, 4.69) is 18.9 Å². The third kappa shape index (κ3) is 16.4. The number of Topliss-reactive ketones (excluding diaryl/α,β-unsaturated/α-hetero) is 4. The molecule has 8 aliphatic rings. The van der Waals surface area contributed by atoms with Gasteiger partial charge in [-0.2, -0.15) is 0 Å². The molecular formula is C78H112N4O12. The number of methoxy groups -OCH3 is 8. The SMILES string of the molecule is [2H]c1c(OC([2H])([2H])[2H])c(OC([2H])([2H])[2H])c([2H])c2c1C([2H])([2H])C([2H])([2H])N1C([2H])([2H])C([2H])(C([2H])([2H])C([2H])(C([2H])([2H])[2H])C([2H])([2H])C)C(=O)C([2H])([2H])C21[2H].[2H]c1c(OC([2H])([2H])[2H])c(OC([2H])([2H])[2H])c([2H])c2c1C([2H])([2H])C([2H])([2H])N1C([2H])([2H])C([2H])(CC(C)C)C(=O)C([2H])([2H])C21[2H].[2H]c1c(OC([2H])([2H])[2H])c(OC([2H])([2H])[2H])c([2H])c2c1C1([2H])CC(=O)C(C([2H])([2H])C([2H])(C([2H])([2H])[2H])C([2H])([2H])C)C([2H])([2H])N1C([2H])([2H])C2([2H])[2H].[2H]c1c(OC([2H])([2H])[2H])c(OC([2H])([2H])[2H])c([2H])c2c1C1([2H])CC(=O)C(CC(C)C)C([2H])([2H])N1C([2H])([2H])C2([2H])[2H]. The molecule has 4 fully saturated rings. The first kappa shape index (κ1) is 20.9. The van der Waals surface area contributed by atoms with Gasteiger partial charge in [0, 0.05) is 188 Å². The number of nitrogens with zero attached hydrogens (tertiary/aromatic N) is 4. The Hall–Kier alpha value is -6.20. The van der Waals surface area contributed by atoms with Gasteiger partial charge in [0.2, 0.25) is 0 Å². The first-order valence-corrected chi connectivity index (χ1v) is 27.3. The molecule has 0 aromatic heterocycles. The van der Waals surface area contributed by atoms with Gasteiger partial charge in [0.1, 0.15) is 23.1 Å². The molecule has 10 atom stereocenters. The summed E-state index contributed by atoms with van der Waals surface area (Å²) in [5.74, 6) is -39.9. The second-order valence-electron chi connectivity index (χ2n) is 20.6. The van der Waals surface area contributed by atoms with Crippen LogP contribution in [-0.4, -0.2) is 151 Å². The average molecular weight is 1380 g/mol. The molecule has 8 heterocycles. The molecule has 0 N–H and O–H groups in total. The topological polar surface area (TPSA) is 155 Å². The van der Waals surface area contributed by atoms with Crippen LogP contribution in [0, 0.1) is 47.2 Å². The van der Waals surface area contributed by atoms with Crippen LogP contribution in [0.3, 0.4) is 0 Å². The van der Waals surface area contributed by atoms with E-state index in [1.807, 2.05) is 0 Å². The maximum atomic E-state index is 14.2. The highest BCUT2D eigenvalue weighted by Gasteiger charge is 2.43. The zero-order valence-electron chi connectivity index (χ0n) is 132. The molecular weight excluding hydrogens is 1180 g/mol. The van der Waals surface area contributed by atoms with Crippen molar-refractivity contribution < 1.29 is 169 Å². The average Bonchev–Trinajstić information content (AvgIpc) is 0.632. The van der Waals surface area contributed by atoms with Gasteiger partial charge in [0.15, 0.2) is 46.0 Å². The second kappa shape index (κ2) is 32.7. The van der Waals surface area contributed by atoms with E-state index in [4.69, 9.17) is 126 Å². The Morgan fingerprint density at radius 3 is 1.13 bits per heavy atom. The van der Waals surface area contributed by atoms with Crippen molar-refractivity contribution in [3.05, 3.63) is 92.8 Å². The van der Waals surface area contributed by atoms with Gasteiger partial charge in [-0.15, -0.1) is 0 Å². The van der Waals surface area contributed by atoms with E-state index in [0.717, 1.165) is 0 Å². The summed E-state index contributed by atoms with van der Waals surface area (Å²) in [6, 6.07) is -25.8. The minimum atomic E-state index is -4.79. The number of fused-ring (bicyclic) bond motifs is 12. The van der Waals surface area contributed by atoms with E-state index >= 15 is 0 Å². The maximum Gasteiger partial charge on any atom is 0.161 e. The van der Waals surface area contributed by atoms with Crippen molar-refractivity contribution in [2.45, 2.75) is 169 Å². The van der Waals surface area contributed by atoms with Gasteiger partial charge in [-0.1, -0.05) is 68.0 Å². The Morgan fingerprint density at radius 1 is 0.447 bits per heavy atom. The van der Waals surface area contributed by atoms with Gasteiger partial charge in [-0.25, -0.2) is 0 Å². The summed E-state index contributed by atoms with van der Waals surface area (Å²) in [5, 5.41) is 0. The van der Waals surface area contributed by atoms with Crippen LogP contribution < -0.4 is 37.9 Å². The third-order valence-corrected chi connectivity index (χ3v) is 13.5. The van der Waals surface area contributed by atoms with Gasteiger partial charge in [0.25, 0.3) is 0 Å². The molecule has 0 saturated carbocycles. The molecule has 0 bridgehead atoms. The van der Waals surface area contributed by atoms with E-state index < -0.39 is 437 Å². The first-order chi connectivity index (χ1) is 76.6. The van der Waals surface area contributed by atoms with Gasteiger partial charge in [0.05, 0.1) is 106 Å². The molecule has 4 saturated heterocycles. The lowest BCUT2D eigenvalue weighted by Crippen LogP contribution is -2.46. The zero-order valence-corrected chi connectivity index (χ0v) is 49.8. The highest BCUT2D eigenvalue weighted by molar-refractivity contribution is 5.85. The molecule has 0 aliphatic carbocycles. The molecule has 516 valence electrons. The summed E-state index contributed by atoms with van der Waals surface area (Å²) in [7, 11) is -27.9. The first-order valence-electron chi connectivity index (χ1n) is 68.3. The smallest absolute Gasteiger partial charge is 0.161 e. The number of carbonyl (C=O) groups excluding carboxylic acids is 4. The lowest BCUT2D eigenvalue weighted by molar-refractivity contribution is -0.130. The molecule has 0 spiro atoms. The van der Waals surface area contributed by atoms with E-state index in [-0.39, 0.29) is 27.0 Å². The Labute approximate surface area is 677 Å². The lowest BCUT2D eigenvalue weighted by Gasteiger charge is -2.43. The monoisotopic (exact) mass is 1380 g/mol. The molecule has 4 aromatic carbocycles. The lowest BCUT2D eigenvalue weighted by atomic mass is 9.79. The fraction of sp³-hybridized carbons (Fsp3) is 0.641. The third-order valence-electron chi connectivity index (χ3n) is 13.5. The molecule has 4 aromatic rings. The quantitative estimate of drug-likeness (QED) is 0.0926. The van der Waals surface area contributed by atoms with Crippen LogP contribution in [0.1, 0.15) is 300 Å². The van der Waals surface area contributed by atoms with E-state index in [1.54, 1.807) is 13.8 Å². The Kier molecular flexibility index (Phi) is 7.28. The zero-order chi connectivity index (χ0) is 139. The van der Waals surface area contributed by atoms with Crippen LogP contribution in [0.15, 0.2) is 48.3 Å². The molecule has 16 nitrogen and oxygen atoms in total. The number of piperidine rings is 4. The number of ether oxygens (including phenoxy) is 8. The maximum absolute atomic E-state index is 14.2. The molecule has 0 radical (unpaired) electrons. The van der Waals surface area contributed by atoms with Crippen molar-refractivity contribution in [3.8, 4) is 46.0 Å². The molecule has 12 rings (SSSR count). The van der Waals surface area contributed by atoms with Crippen molar-refractivity contribution >= 4 is 23.1 Å². The van der Waals surface area contributed by atoms with E-state index in [9.17, 15) is 24.7 Å². The number of ketones is 4. The van der Waals surface area contributed by atoms with E-state index in [0.29, 0.717) is 13.8 Å². The van der Waals surface area contributed by atoms with Gasteiger partial charge in [-0.3, -0.25) is 38.8 Å². The minimum absolute atomic E-state index is 0.0550. The largest absolute Gasteiger partial charge is 0.493 e. The second-order valence-corrected chi connectivity index (χ2v) is 20.6. The number of benzene rings is 4. The van der Waals surface area contributed by atoms with Crippen molar-refractivity contribution in [2.75, 3.05) is 108 Å². The molecule has 10 unspecified atom stereocenters. The molecule has 8 aliphatic heterocycles. The summed E-state index contributed by atoms with van der Waals surface area (Å²) >= 11 is 0. The van der Waals surface area contributed by atoms with Crippen LogP contribution in [0.4, 0.5) is 0 Å². The Balaban J connectivity index is 0.000000258. The van der Waals surface area contributed by atoms with Gasteiger partial charge < -0.3 is 37.9 Å². The number of carbonyl (C=O) groups is 4. The predicted molar refractivity (Wildman–Crippen MR) is 370 cm³/mol. The van der Waals surface area contributed by atoms with Crippen molar-refractivity contribution in [3.63, 3.8) is 0 Å². The predicted octanol–water partition coefficient (Wildman–Crippen LogP) is 13.7. The van der Waals surface area contributed by atoms with E-state index in [1.165, 1.54) is 13.8 Å². The number of hydrogen-bond donors (Lipinski definition) is 0. The van der Waals surface area contributed by atoms with Crippen LogP contribution in [-0.2, 0) is 44.7 Å². The minimum Gasteiger partial charge on any atom is -0.493 e. The van der Waals surface area contributed by atoms with Gasteiger partial charge in [-0.05, 0) is 168 Å². The van der Waals surface area contributed by atoms with Crippen LogP contribution in [0.25, 0.3) is 0 Å².